The molecule has 3 rings (SSSR count). The Hall–Kier alpha value is -2.27. The minimum Gasteiger partial charge on any atom is -0.383 e. The number of nitrogens with two attached hydrogens (primary N) is 1. The molecule has 0 atom stereocenters. The predicted molar refractivity (Wildman–Crippen MR) is 87.5 cm³/mol. The van der Waals surface area contributed by atoms with E-state index in [0.717, 1.165) is 21.3 Å². The predicted octanol–water partition coefficient (Wildman–Crippen LogP) is 3.86. The van der Waals surface area contributed by atoms with Crippen LogP contribution in [0.1, 0.15) is 5.56 Å². The first-order valence-corrected chi connectivity index (χ1v) is 7.26. The van der Waals surface area contributed by atoms with E-state index in [4.69, 9.17) is 5.73 Å². The van der Waals surface area contributed by atoms with Gasteiger partial charge in [-0.3, -0.25) is 4.98 Å². The Bertz CT molecular complexity index is 770. The van der Waals surface area contributed by atoms with Crippen LogP contribution >= 0.6 is 15.9 Å². The maximum atomic E-state index is 6.04. The van der Waals surface area contributed by atoms with Gasteiger partial charge in [0.1, 0.15) is 11.5 Å². The molecule has 0 amide bonds. The van der Waals surface area contributed by atoms with Gasteiger partial charge in [-0.25, -0.2) is 9.97 Å². The normalized spacial score (nSPS) is 10.6. The lowest BCUT2D eigenvalue weighted by atomic mass is 10.1. The van der Waals surface area contributed by atoms with Gasteiger partial charge in [0.05, 0.1) is 5.69 Å². The molecule has 4 nitrogen and oxygen atoms in total. The molecular weight excluding hydrogens is 328 g/mol. The van der Waals surface area contributed by atoms with Gasteiger partial charge in [-0.15, -0.1) is 0 Å². The smallest absolute Gasteiger partial charge is 0.180 e. The minimum absolute atomic E-state index is 0.476. The average Bonchev–Trinajstić information content (AvgIpc) is 2.51. The van der Waals surface area contributed by atoms with E-state index in [9.17, 15) is 0 Å². The van der Waals surface area contributed by atoms with Crippen molar-refractivity contribution in [3.63, 3.8) is 0 Å². The summed E-state index contributed by atoms with van der Waals surface area (Å²) in [6, 6.07) is 13.7. The van der Waals surface area contributed by atoms with E-state index in [0.29, 0.717) is 17.3 Å². The van der Waals surface area contributed by atoms with E-state index in [2.05, 4.69) is 30.9 Å². The quantitative estimate of drug-likeness (QED) is 0.769. The monoisotopic (exact) mass is 340 g/mol. The van der Waals surface area contributed by atoms with E-state index in [1.165, 1.54) is 0 Å². The molecule has 2 heterocycles. The van der Waals surface area contributed by atoms with Crippen LogP contribution in [0.3, 0.4) is 0 Å². The first-order chi connectivity index (χ1) is 10.1. The fourth-order valence-corrected chi connectivity index (χ4v) is 2.27. The Morgan fingerprint density at radius 1 is 1.00 bits per heavy atom. The summed E-state index contributed by atoms with van der Waals surface area (Å²) >= 11 is 3.37. The number of halogens is 1. The molecule has 21 heavy (non-hydrogen) atoms. The number of hydrogen-bond donors (Lipinski definition) is 1. The van der Waals surface area contributed by atoms with Crippen LogP contribution < -0.4 is 5.73 Å². The van der Waals surface area contributed by atoms with Crippen molar-refractivity contribution in [2.24, 2.45) is 0 Å². The summed E-state index contributed by atoms with van der Waals surface area (Å²) in [7, 11) is 0. The third-order valence-electron chi connectivity index (χ3n) is 3.19. The zero-order valence-corrected chi connectivity index (χ0v) is 13.0. The van der Waals surface area contributed by atoms with E-state index in [-0.39, 0.29) is 0 Å². The van der Waals surface area contributed by atoms with Crippen molar-refractivity contribution in [2.75, 3.05) is 5.73 Å². The van der Waals surface area contributed by atoms with Gasteiger partial charge in [0, 0.05) is 21.8 Å². The van der Waals surface area contributed by atoms with Gasteiger partial charge < -0.3 is 5.73 Å². The maximum absolute atomic E-state index is 6.04. The van der Waals surface area contributed by atoms with Gasteiger partial charge in [0.25, 0.3) is 0 Å². The molecule has 1 aromatic carbocycles. The topological polar surface area (TPSA) is 64.7 Å². The van der Waals surface area contributed by atoms with Crippen molar-refractivity contribution in [3.05, 3.63) is 58.7 Å². The molecule has 5 heteroatoms. The molecule has 2 aromatic heterocycles. The highest BCUT2D eigenvalue weighted by molar-refractivity contribution is 9.10. The fraction of sp³-hybridized carbons (Fsp3) is 0.0625. The van der Waals surface area contributed by atoms with Crippen LogP contribution in [0, 0.1) is 6.92 Å². The van der Waals surface area contributed by atoms with E-state index >= 15 is 0 Å². The van der Waals surface area contributed by atoms with Crippen LogP contribution in [0.25, 0.3) is 22.8 Å². The molecule has 0 unspecified atom stereocenters. The standard InChI is InChI=1S/C16H13BrN4/c1-10-14(11-5-3-2-4-6-11)20-16(21-15(10)18)13-8-7-12(17)9-19-13/h2-9H,1H3,(H2,18,20,21). The zero-order valence-electron chi connectivity index (χ0n) is 11.4. The van der Waals surface area contributed by atoms with E-state index in [1.54, 1.807) is 6.20 Å². The van der Waals surface area contributed by atoms with Gasteiger partial charge in [0.2, 0.25) is 0 Å². The molecule has 0 bridgehead atoms. The number of anilines is 1. The Labute approximate surface area is 131 Å². The minimum atomic E-state index is 0.476. The first kappa shape index (κ1) is 13.7. The van der Waals surface area contributed by atoms with Crippen LogP contribution in [-0.2, 0) is 0 Å². The number of nitrogens with zero attached hydrogens (tertiary/aromatic N) is 3. The summed E-state index contributed by atoms with van der Waals surface area (Å²) in [5.41, 5.74) is 9.46. The SMILES string of the molecule is Cc1c(N)nc(-c2ccc(Br)cn2)nc1-c1ccccc1. The van der Waals surface area contributed by atoms with E-state index < -0.39 is 0 Å². The maximum Gasteiger partial charge on any atom is 0.180 e. The van der Waals surface area contributed by atoms with Crippen molar-refractivity contribution < 1.29 is 0 Å². The molecular formula is C16H13BrN4. The highest BCUT2D eigenvalue weighted by Crippen LogP contribution is 2.27. The number of hydrogen-bond acceptors (Lipinski definition) is 4. The molecule has 0 saturated carbocycles. The van der Waals surface area contributed by atoms with Crippen molar-refractivity contribution in [1.29, 1.82) is 0 Å². The lowest BCUT2D eigenvalue weighted by molar-refractivity contribution is 1.12. The van der Waals surface area contributed by atoms with Crippen LogP contribution in [0.5, 0.6) is 0 Å². The average molecular weight is 341 g/mol. The molecule has 0 aliphatic heterocycles. The molecule has 0 aliphatic carbocycles. The fourth-order valence-electron chi connectivity index (χ4n) is 2.03. The molecule has 0 fully saturated rings. The van der Waals surface area contributed by atoms with Crippen molar-refractivity contribution >= 4 is 21.7 Å². The molecule has 104 valence electrons. The molecule has 0 spiro atoms. The highest BCUT2D eigenvalue weighted by atomic mass is 79.9. The Morgan fingerprint density at radius 2 is 1.76 bits per heavy atom. The van der Waals surface area contributed by atoms with Gasteiger partial charge in [0.15, 0.2) is 5.82 Å². The summed E-state index contributed by atoms with van der Waals surface area (Å²) in [4.78, 5) is 13.3. The summed E-state index contributed by atoms with van der Waals surface area (Å²) < 4.78 is 0.912. The molecule has 0 radical (unpaired) electrons. The van der Waals surface area contributed by atoms with Gasteiger partial charge in [-0.05, 0) is 35.0 Å². The Balaban J connectivity index is 2.16. The lowest BCUT2D eigenvalue weighted by Gasteiger charge is -2.10. The van der Waals surface area contributed by atoms with Crippen LogP contribution in [0.15, 0.2) is 53.1 Å². The second-order valence-corrected chi connectivity index (χ2v) is 5.55. The van der Waals surface area contributed by atoms with Crippen LogP contribution in [0.4, 0.5) is 5.82 Å². The Kier molecular flexibility index (Phi) is 3.66. The number of rotatable bonds is 2. The van der Waals surface area contributed by atoms with Crippen LogP contribution in [-0.4, -0.2) is 15.0 Å². The van der Waals surface area contributed by atoms with Crippen molar-refractivity contribution in [1.82, 2.24) is 15.0 Å². The lowest BCUT2D eigenvalue weighted by Crippen LogP contribution is -2.03. The van der Waals surface area contributed by atoms with Crippen molar-refractivity contribution in [2.45, 2.75) is 6.92 Å². The molecule has 0 aliphatic rings. The summed E-state index contributed by atoms with van der Waals surface area (Å²) in [5.74, 6) is 1.01. The first-order valence-electron chi connectivity index (χ1n) is 6.46. The van der Waals surface area contributed by atoms with Gasteiger partial charge in [-0.1, -0.05) is 30.3 Å². The summed E-state index contributed by atoms with van der Waals surface area (Å²) in [6.45, 7) is 1.93. The molecule has 0 saturated heterocycles. The largest absolute Gasteiger partial charge is 0.383 e. The molecule has 2 N–H and O–H groups in total. The number of aromatic nitrogens is 3. The second-order valence-electron chi connectivity index (χ2n) is 4.63. The highest BCUT2D eigenvalue weighted by Gasteiger charge is 2.12. The Morgan fingerprint density at radius 3 is 2.43 bits per heavy atom. The van der Waals surface area contributed by atoms with Crippen LogP contribution in [0.2, 0.25) is 0 Å². The number of pyridine rings is 1. The summed E-state index contributed by atoms with van der Waals surface area (Å²) in [6.07, 6.45) is 1.72. The number of nitrogen functional groups attached to an aromatic ring is 1. The summed E-state index contributed by atoms with van der Waals surface area (Å²) in [5, 5.41) is 0. The third-order valence-corrected chi connectivity index (χ3v) is 3.66. The zero-order chi connectivity index (χ0) is 14.8. The third kappa shape index (κ3) is 2.78. The van der Waals surface area contributed by atoms with Crippen molar-refractivity contribution in [3.8, 4) is 22.8 Å². The van der Waals surface area contributed by atoms with Gasteiger partial charge >= 0.3 is 0 Å². The second kappa shape index (κ2) is 5.61. The molecule has 3 aromatic rings. The van der Waals surface area contributed by atoms with Gasteiger partial charge in [-0.2, -0.15) is 0 Å². The number of benzene rings is 1. The van der Waals surface area contributed by atoms with E-state index in [1.807, 2.05) is 49.4 Å².